The second-order valence-electron chi connectivity index (χ2n) is 14.2. The molecule has 1 aromatic heterocycles. The lowest BCUT2D eigenvalue weighted by Crippen LogP contribution is -2.81. The van der Waals surface area contributed by atoms with Gasteiger partial charge in [-0.1, -0.05) is 43.3 Å². The SMILES string of the molecule is CC[C@]12C=CCN3CC[C@@]4(c5ccc(OC)cc5N(C)[C@H]4[C@@](O)(C(=O)OC)[C@@H]1OC(=O)CCC(=O)N[C@H](Cc1c[nH]c4ccccc14)C(=O)O)[C@@H]32. The molecular weight excluding hydrogens is 656 g/mol. The first kappa shape index (κ1) is 34.6. The molecule has 3 aromatic rings. The summed E-state index contributed by atoms with van der Waals surface area (Å²) >= 11 is 0. The second-order valence-corrected chi connectivity index (χ2v) is 14.2. The molecule has 13 nitrogen and oxygen atoms in total. The number of carboxylic acid groups (broad SMARTS) is 1. The Hall–Kier alpha value is -4.88. The number of para-hydroxylation sites is 1. The van der Waals surface area contributed by atoms with Crippen molar-refractivity contribution in [2.45, 2.75) is 74.3 Å². The number of hydrogen-bond acceptors (Lipinski definition) is 10. The van der Waals surface area contributed by atoms with Crippen molar-refractivity contribution in [2.24, 2.45) is 5.41 Å². The van der Waals surface area contributed by atoms with Crippen LogP contribution in [0.15, 0.2) is 60.8 Å². The Morgan fingerprint density at radius 1 is 1.10 bits per heavy atom. The normalized spacial score (nSPS) is 29.5. The number of benzene rings is 2. The van der Waals surface area contributed by atoms with E-state index in [1.165, 1.54) is 7.11 Å². The number of fused-ring (bicyclic) bond motifs is 2. The van der Waals surface area contributed by atoms with Crippen molar-refractivity contribution in [3.8, 4) is 5.75 Å². The number of methoxy groups -OCH3 is 2. The van der Waals surface area contributed by atoms with Crippen LogP contribution in [0.25, 0.3) is 10.9 Å². The van der Waals surface area contributed by atoms with Gasteiger partial charge in [0.2, 0.25) is 11.5 Å². The molecule has 0 bridgehead atoms. The fraction of sp³-hybridized carbons (Fsp3) is 0.474. The quantitative estimate of drug-likeness (QED) is 0.171. The van der Waals surface area contributed by atoms with E-state index in [-0.39, 0.29) is 18.9 Å². The number of aliphatic carboxylic acids is 1. The number of rotatable bonds is 11. The number of likely N-dealkylation sites (N-methyl/N-ethyl adjacent to an activating group) is 1. The summed E-state index contributed by atoms with van der Waals surface area (Å²) in [5.41, 5.74) is -0.651. The van der Waals surface area contributed by atoms with Crippen molar-refractivity contribution in [3.63, 3.8) is 0 Å². The summed E-state index contributed by atoms with van der Waals surface area (Å²) in [6, 6.07) is 10.9. The number of carboxylic acids is 1. The van der Waals surface area contributed by atoms with E-state index in [2.05, 4.69) is 15.2 Å². The number of hydrogen-bond donors (Lipinski definition) is 4. The number of nitrogens with one attached hydrogen (secondary N) is 2. The fourth-order valence-electron chi connectivity index (χ4n) is 9.90. The molecule has 0 radical (unpaired) electrons. The Bertz CT molecular complexity index is 1930. The molecule has 51 heavy (non-hydrogen) atoms. The van der Waals surface area contributed by atoms with Crippen LogP contribution >= 0.6 is 0 Å². The van der Waals surface area contributed by atoms with E-state index in [0.717, 1.165) is 27.7 Å². The average molecular weight is 701 g/mol. The van der Waals surface area contributed by atoms with Gasteiger partial charge in [0.1, 0.15) is 11.8 Å². The Labute approximate surface area is 295 Å². The van der Waals surface area contributed by atoms with Gasteiger partial charge < -0.3 is 39.6 Å². The topological polar surface area (TPSA) is 171 Å². The third-order valence-electron chi connectivity index (χ3n) is 11.9. The summed E-state index contributed by atoms with van der Waals surface area (Å²) in [6.07, 6.45) is 4.69. The maximum atomic E-state index is 14.0. The van der Waals surface area contributed by atoms with Gasteiger partial charge in [0.15, 0.2) is 6.10 Å². The summed E-state index contributed by atoms with van der Waals surface area (Å²) in [5, 5.41) is 26.3. The molecule has 3 aliphatic heterocycles. The minimum Gasteiger partial charge on any atom is -0.497 e. The molecule has 2 fully saturated rings. The molecule has 270 valence electrons. The summed E-state index contributed by atoms with van der Waals surface area (Å²) in [5.74, 6) is -2.94. The highest BCUT2D eigenvalue weighted by Crippen LogP contribution is 2.67. The van der Waals surface area contributed by atoms with Crippen molar-refractivity contribution in [2.75, 3.05) is 39.3 Å². The minimum absolute atomic E-state index is 0.0396. The number of nitrogens with zero attached hydrogens (tertiary/aromatic N) is 2. The Balaban J connectivity index is 1.17. The zero-order valence-corrected chi connectivity index (χ0v) is 29.2. The lowest BCUT2D eigenvalue weighted by molar-refractivity contribution is -0.229. The number of ether oxygens (including phenoxy) is 3. The number of carbonyl (C=O) groups excluding carboxylic acids is 3. The number of aromatic nitrogens is 1. The number of anilines is 1. The number of amides is 1. The first-order valence-corrected chi connectivity index (χ1v) is 17.4. The Kier molecular flexibility index (Phi) is 8.62. The summed E-state index contributed by atoms with van der Waals surface area (Å²) in [6.45, 7) is 3.32. The number of esters is 2. The molecule has 1 saturated heterocycles. The fourth-order valence-corrected chi connectivity index (χ4v) is 9.90. The van der Waals surface area contributed by atoms with Crippen molar-refractivity contribution in [1.82, 2.24) is 15.2 Å². The van der Waals surface area contributed by atoms with Gasteiger partial charge in [-0.3, -0.25) is 14.5 Å². The summed E-state index contributed by atoms with van der Waals surface area (Å²) in [4.78, 5) is 60.4. The van der Waals surface area contributed by atoms with E-state index in [1.807, 2.05) is 73.5 Å². The molecular formula is C38H44N4O9. The molecule has 4 aliphatic rings. The third-order valence-corrected chi connectivity index (χ3v) is 11.9. The molecule has 7 atom stereocenters. The van der Waals surface area contributed by atoms with Crippen molar-refractivity contribution >= 4 is 40.4 Å². The molecule has 2 aromatic carbocycles. The van der Waals surface area contributed by atoms with Crippen LogP contribution in [0.4, 0.5) is 5.69 Å². The van der Waals surface area contributed by atoms with E-state index in [9.17, 15) is 29.4 Å². The largest absolute Gasteiger partial charge is 0.497 e. The standard InChI is InChI=1S/C38H44N4O9/c1-5-36-15-8-17-42-18-16-37(32(36)42)25-12-11-23(49-3)20-28(25)41(2)33(37)38(48,35(47)50-4)34(36)51-30(44)14-13-29(43)40-27(31(45)46)19-22-21-39-26-10-7-6-9-24(22)26/h6-12,15,20-21,27,32-34,39,48H,5,13-14,16-19H2,1-4H3,(H,40,43)(H,45,46)/t27-,32+,33-,34-,36-,37-,38+/m1/s1. The molecule has 13 heteroatoms. The van der Waals surface area contributed by atoms with Crippen LogP contribution < -0.4 is 15.0 Å². The van der Waals surface area contributed by atoms with Gasteiger partial charge in [-0.05, 0) is 42.6 Å². The van der Waals surface area contributed by atoms with Crippen molar-refractivity contribution < 1.29 is 43.6 Å². The Morgan fingerprint density at radius 3 is 2.61 bits per heavy atom. The monoisotopic (exact) mass is 700 g/mol. The molecule has 1 spiro atoms. The second kappa shape index (κ2) is 12.7. The van der Waals surface area contributed by atoms with E-state index < -0.39 is 64.9 Å². The van der Waals surface area contributed by atoms with E-state index >= 15 is 0 Å². The molecule has 4 heterocycles. The highest BCUT2D eigenvalue weighted by atomic mass is 16.6. The van der Waals surface area contributed by atoms with Gasteiger partial charge in [0.25, 0.3) is 0 Å². The number of H-pyrrole nitrogens is 1. The van der Waals surface area contributed by atoms with Gasteiger partial charge in [-0.15, -0.1) is 0 Å². The van der Waals surface area contributed by atoms with E-state index in [0.29, 0.717) is 31.7 Å². The van der Waals surface area contributed by atoms with Crippen LogP contribution in [-0.2, 0) is 40.5 Å². The van der Waals surface area contributed by atoms with E-state index in [1.54, 1.807) is 13.3 Å². The van der Waals surface area contributed by atoms with Crippen LogP contribution in [0.5, 0.6) is 5.75 Å². The zero-order chi connectivity index (χ0) is 36.3. The van der Waals surface area contributed by atoms with Gasteiger partial charge in [0, 0.05) is 72.2 Å². The molecule has 1 saturated carbocycles. The highest BCUT2D eigenvalue weighted by Gasteiger charge is 2.80. The van der Waals surface area contributed by atoms with Crippen LogP contribution in [0.2, 0.25) is 0 Å². The van der Waals surface area contributed by atoms with Crippen LogP contribution in [0.1, 0.15) is 43.7 Å². The average Bonchev–Trinajstić information content (AvgIpc) is 3.81. The van der Waals surface area contributed by atoms with E-state index in [4.69, 9.17) is 14.2 Å². The van der Waals surface area contributed by atoms with Crippen LogP contribution in [0.3, 0.4) is 0 Å². The zero-order valence-electron chi connectivity index (χ0n) is 29.2. The van der Waals surface area contributed by atoms with Gasteiger partial charge in [-0.2, -0.15) is 0 Å². The molecule has 0 unspecified atom stereocenters. The van der Waals surface area contributed by atoms with Crippen molar-refractivity contribution in [3.05, 3.63) is 71.9 Å². The first-order valence-electron chi connectivity index (χ1n) is 17.4. The third kappa shape index (κ3) is 5.03. The molecule has 7 rings (SSSR count). The lowest BCUT2D eigenvalue weighted by Gasteiger charge is -2.63. The lowest BCUT2D eigenvalue weighted by atomic mass is 9.47. The van der Waals surface area contributed by atoms with Gasteiger partial charge in [-0.25, -0.2) is 9.59 Å². The minimum atomic E-state index is -2.31. The molecule has 1 amide bonds. The van der Waals surface area contributed by atoms with Gasteiger partial charge >= 0.3 is 17.9 Å². The first-order chi connectivity index (χ1) is 24.5. The van der Waals surface area contributed by atoms with Gasteiger partial charge in [0.05, 0.1) is 26.7 Å². The maximum absolute atomic E-state index is 14.0. The highest BCUT2D eigenvalue weighted by molar-refractivity contribution is 5.89. The summed E-state index contributed by atoms with van der Waals surface area (Å²) in [7, 11) is 4.61. The van der Waals surface area contributed by atoms with Crippen molar-refractivity contribution in [1.29, 1.82) is 0 Å². The smallest absolute Gasteiger partial charge is 0.344 e. The number of aliphatic hydroxyl groups is 1. The number of carbonyl (C=O) groups is 4. The summed E-state index contributed by atoms with van der Waals surface area (Å²) < 4.78 is 17.1. The molecule has 4 N–H and O–H groups in total. The van der Waals surface area contributed by atoms with Crippen LogP contribution in [0, 0.1) is 5.41 Å². The predicted octanol–water partition coefficient (Wildman–Crippen LogP) is 2.70. The maximum Gasteiger partial charge on any atom is 0.344 e. The van der Waals surface area contributed by atoms with Crippen LogP contribution in [-0.4, -0.2) is 108 Å². The Morgan fingerprint density at radius 2 is 1.88 bits per heavy atom. The molecule has 1 aliphatic carbocycles. The predicted molar refractivity (Wildman–Crippen MR) is 186 cm³/mol. The number of aromatic amines is 1.